The zero-order valence-electron chi connectivity index (χ0n) is 12.0. The second kappa shape index (κ2) is 4.97. The average molecular weight is 283 g/mol. The van der Waals surface area contributed by atoms with Crippen LogP contribution >= 0.6 is 0 Å². The van der Waals surface area contributed by atoms with Gasteiger partial charge in [0.05, 0.1) is 18.2 Å². The van der Waals surface area contributed by atoms with E-state index in [1.54, 1.807) is 26.1 Å². The standard InChI is InChI=1S/C17H17NO3/c1-3-21-16(19)11(2)17(20)13-8-5-4-7-12(13)15-14(17)9-6-10-18-15/h4-11,20H,3H2,1-2H3/t11-,17+/m1/s1. The summed E-state index contributed by atoms with van der Waals surface area (Å²) in [7, 11) is 0. The first-order valence-electron chi connectivity index (χ1n) is 7.05. The summed E-state index contributed by atoms with van der Waals surface area (Å²) < 4.78 is 5.09. The van der Waals surface area contributed by atoms with Crippen molar-refractivity contribution < 1.29 is 14.6 Å². The fourth-order valence-electron chi connectivity index (χ4n) is 3.00. The molecule has 0 bridgehead atoms. The van der Waals surface area contributed by atoms with Gasteiger partial charge < -0.3 is 9.84 Å². The zero-order chi connectivity index (χ0) is 15.0. The zero-order valence-corrected chi connectivity index (χ0v) is 12.0. The van der Waals surface area contributed by atoms with E-state index >= 15 is 0 Å². The summed E-state index contributed by atoms with van der Waals surface area (Å²) in [6.07, 6.45) is 1.69. The van der Waals surface area contributed by atoms with Crippen LogP contribution in [-0.4, -0.2) is 22.7 Å². The summed E-state index contributed by atoms with van der Waals surface area (Å²) in [5.41, 5.74) is 1.57. The SMILES string of the molecule is CCOC(=O)[C@@H](C)[C@]1(O)c2ccccc2-c2ncccc21. The van der Waals surface area contributed by atoms with E-state index in [0.29, 0.717) is 17.7 Å². The van der Waals surface area contributed by atoms with Crippen molar-refractivity contribution in [3.8, 4) is 11.3 Å². The Morgan fingerprint density at radius 2 is 2.00 bits per heavy atom. The fourth-order valence-corrected chi connectivity index (χ4v) is 3.00. The number of aliphatic hydroxyl groups is 1. The van der Waals surface area contributed by atoms with Crippen LogP contribution in [0, 0.1) is 5.92 Å². The normalized spacial score (nSPS) is 20.5. The molecule has 2 aromatic rings. The minimum atomic E-state index is -1.40. The van der Waals surface area contributed by atoms with E-state index in [2.05, 4.69) is 4.98 Å². The van der Waals surface area contributed by atoms with Gasteiger partial charge in [0.2, 0.25) is 0 Å². The second-order valence-corrected chi connectivity index (χ2v) is 5.19. The summed E-state index contributed by atoms with van der Waals surface area (Å²) in [5, 5.41) is 11.3. The monoisotopic (exact) mass is 283 g/mol. The third-order valence-electron chi connectivity index (χ3n) is 4.08. The van der Waals surface area contributed by atoms with Crippen LogP contribution < -0.4 is 0 Å². The molecule has 1 aliphatic rings. The Hall–Kier alpha value is -2.20. The van der Waals surface area contributed by atoms with E-state index in [1.807, 2.05) is 30.3 Å². The Kier molecular flexibility index (Phi) is 3.26. The minimum absolute atomic E-state index is 0.292. The number of benzene rings is 1. The lowest BCUT2D eigenvalue weighted by atomic mass is 9.80. The molecule has 0 unspecified atom stereocenters. The molecule has 4 heteroatoms. The molecule has 0 amide bonds. The third kappa shape index (κ3) is 1.87. The van der Waals surface area contributed by atoms with Crippen molar-refractivity contribution in [1.29, 1.82) is 0 Å². The first-order chi connectivity index (χ1) is 10.1. The van der Waals surface area contributed by atoms with Crippen molar-refractivity contribution in [1.82, 2.24) is 4.98 Å². The maximum absolute atomic E-state index is 12.2. The molecular formula is C17H17NO3. The van der Waals surface area contributed by atoms with Gasteiger partial charge in [-0.25, -0.2) is 0 Å². The largest absolute Gasteiger partial charge is 0.466 e. The molecule has 1 aliphatic carbocycles. The molecule has 0 saturated carbocycles. The van der Waals surface area contributed by atoms with Crippen LogP contribution in [0.5, 0.6) is 0 Å². The Morgan fingerprint density at radius 3 is 2.76 bits per heavy atom. The topological polar surface area (TPSA) is 59.4 Å². The predicted octanol–water partition coefficient (Wildman–Crippen LogP) is 2.50. The molecule has 1 aromatic carbocycles. The van der Waals surface area contributed by atoms with E-state index in [-0.39, 0.29) is 0 Å². The van der Waals surface area contributed by atoms with Gasteiger partial charge in [-0.3, -0.25) is 9.78 Å². The van der Waals surface area contributed by atoms with Crippen LogP contribution in [0.3, 0.4) is 0 Å². The van der Waals surface area contributed by atoms with E-state index < -0.39 is 17.5 Å². The molecule has 1 heterocycles. The summed E-state index contributed by atoms with van der Waals surface area (Å²) in [4.78, 5) is 16.5. The van der Waals surface area contributed by atoms with E-state index in [9.17, 15) is 9.90 Å². The van der Waals surface area contributed by atoms with Crippen molar-refractivity contribution in [3.05, 3.63) is 53.7 Å². The van der Waals surface area contributed by atoms with Crippen LogP contribution in [0.25, 0.3) is 11.3 Å². The molecule has 0 aliphatic heterocycles. The van der Waals surface area contributed by atoms with Gasteiger partial charge in [0, 0.05) is 17.3 Å². The lowest BCUT2D eigenvalue weighted by Crippen LogP contribution is -2.38. The second-order valence-electron chi connectivity index (χ2n) is 5.19. The number of carbonyl (C=O) groups excluding carboxylic acids is 1. The van der Waals surface area contributed by atoms with Gasteiger partial charge in [0.25, 0.3) is 0 Å². The summed E-state index contributed by atoms with van der Waals surface area (Å²) in [6.45, 7) is 3.74. The van der Waals surface area contributed by atoms with Crippen molar-refractivity contribution in [2.45, 2.75) is 19.4 Å². The van der Waals surface area contributed by atoms with Gasteiger partial charge in [-0.1, -0.05) is 30.3 Å². The van der Waals surface area contributed by atoms with Crippen molar-refractivity contribution in [2.75, 3.05) is 6.61 Å². The summed E-state index contributed by atoms with van der Waals surface area (Å²) >= 11 is 0. The summed E-state index contributed by atoms with van der Waals surface area (Å²) in [6, 6.07) is 11.1. The van der Waals surface area contributed by atoms with Gasteiger partial charge in [0.1, 0.15) is 5.60 Å². The highest BCUT2D eigenvalue weighted by atomic mass is 16.5. The first-order valence-corrected chi connectivity index (χ1v) is 7.05. The molecule has 0 spiro atoms. The number of ether oxygens (including phenoxy) is 1. The lowest BCUT2D eigenvalue weighted by Gasteiger charge is -2.30. The Labute approximate surface area is 123 Å². The van der Waals surface area contributed by atoms with Gasteiger partial charge in [-0.05, 0) is 25.5 Å². The Morgan fingerprint density at radius 1 is 1.29 bits per heavy atom. The highest BCUT2D eigenvalue weighted by Crippen LogP contribution is 2.50. The number of fused-ring (bicyclic) bond motifs is 3. The number of hydrogen-bond donors (Lipinski definition) is 1. The van der Waals surface area contributed by atoms with E-state index in [0.717, 1.165) is 11.3 Å². The van der Waals surface area contributed by atoms with Crippen LogP contribution in [-0.2, 0) is 15.1 Å². The fraction of sp³-hybridized carbons (Fsp3) is 0.294. The van der Waals surface area contributed by atoms with E-state index in [4.69, 9.17) is 4.74 Å². The maximum Gasteiger partial charge on any atom is 0.312 e. The minimum Gasteiger partial charge on any atom is -0.466 e. The van der Waals surface area contributed by atoms with Gasteiger partial charge in [0.15, 0.2) is 0 Å². The predicted molar refractivity (Wildman–Crippen MR) is 78.5 cm³/mol. The first kappa shape index (κ1) is 13.8. The van der Waals surface area contributed by atoms with Crippen LogP contribution in [0.15, 0.2) is 42.6 Å². The number of rotatable bonds is 3. The van der Waals surface area contributed by atoms with Gasteiger partial charge >= 0.3 is 5.97 Å². The number of esters is 1. The van der Waals surface area contributed by atoms with Crippen LogP contribution in [0.2, 0.25) is 0 Å². The number of pyridine rings is 1. The lowest BCUT2D eigenvalue weighted by molar-refractivity contribution is -0.155. The van der Waals surface area contributed by atoms with Crippen LogP contribution in [0.1, 0.15) is 25.0 Å². The van der Waals surface area contributed by atoms with Crippen molar-refractivity contribution in [2.24, 2.45) is 5.92 Å². The number of nitrogens with zero attached hydrogens (tertiary/aromatic N) is 1. The molecule has 108 valence electrons. The Balaban J connectivity index is 2.20. The Bertz CT molecular complexity index is 650. The highest BCUT2D eigenvalue weighted by molar-refractivity contribution is 5.83. The van der Waals surface area contributed by atoms with E-state index in [1.165, 1.54) is 0 Å². The van der Waals surface area contributed by atoms with Crippen LogP contribution in [0.4, 0.5) is 0 Å². The molecule has 0 fully saturated rings. The van der Waals surface area contributed by atoms with Crippen molar-refractivity contribution >= 4 is 5.97 Å². The molecule has 0 saturated heterocycles. The molecule has 3 rings (SSSR count). The third-order valence-corrected chi connectivity index (χ3v) is 4.08. The molecule has 21 heavy (non-hydrogen) atoms. The molecule has 1 aromatic heterocycles. The summed E-state index contributed by atoms with van der Waals surface area (Å²) in [5.74, 6) is -1.12. The number of aromatic nitrogens is 1. The average Bonchev–Trinajstić information content (AvgIpc) is 2.78. The highest BCUT2D eigenvalue weighted by Gasteiger charge is 2.49. The number of hydrogen-bond acceptors (Lipinski definition) is 4. The smallest absolute Gasteiger partial charge is 0.312 e. The molecular weight excluding hydrogens is 266 g/mol. The maximum atomic E-state index is 12.2. The molecule has 0 radical (unpaired) electrons. The molecule has 4 nitrogen and oxygen atoms in total. The van der Waals surface area contributed by atoms with Gasteiger partial charge in [-0.2, -0.15) is 0 Å². The molecule has 2 atom stereocenters. The number of carbonyl (C=O) groups is 1. The quantitative estimate of drug-likeness (QED) is 0.879. The molecule has 1 N–H and O–H groups in total. The van der Waals surface area contributed by atoms with Gasteiger partial charge in [-0.15, -0.1) is 0 Å². The van der Waals surface area contributed by atoms with Crippen molar-refractivity contribution in [3.63, 3.8) is 0 Å².